The summed E-state index contributed by atoms with van der Waals surface area (Å²) in [6.07, 6.45) is 1.05. The molecule has 2 aliphatic heterocycles. The molecule has 0 fully saturated rings. The molecular formula is C23H22BN. The maximum Gasteiger partial charge on any atom is 0.247 e. The molecule has 0 aromatic heterocycles. The van der Waals surface area contributed by atoms with Crippen molar-refractivity contribution in [2.75, 3.05) is 11.9 Å². The maximum atomic E-state index is 2.39. The molecule has 122 valence electrons. The Labute approximate surface area is 150 Å². The number of fused-ring (bicyclic) bond motifs is 4. The topological polar surface area (TPSA) is 3.24 Å². The van der Waals surface area contributed by atoms with E-state index >= 15 is 0 Å². The lowest BCUT2D eigenvalue weighted by atomic mass is 9.32. The molecule has 0 spiro atoms. The first-order valence-corrected chi connectivity index (χ1v) is 9.10. The van der Waals surface area contributed by atoms with Crippen molar-refractivity contribution in [1.29, 1.82) is 0 Å². The van der Waals surface area contributed by atoms with Gasteiger partial charge in [-0.05, 0) is 72.5 Å². The van der Waals surface area contributed by atoms with E-state index < -0.39 is 0 Å². The first-order chi connectivity index (χ1) is 12.0. The highest BCUT2D eigenvalue weighted by atomic mass is 15.1. The Bertz CT molecular complexity index is 1030. The fourth-order valence-electron chi connectivity index (χ4n) is 4.78. The molecule has 0 bridgehead atoms. The molecule has 2 heteroatoms. The number of hydrogen-bond acceptors (Lipinski definition) is 1. The molecule has 2 heterocycles. The summed E-state index contributed by atoms with van der Waals surface area (Å²) in [5.74, 6) is 0. The second-order valence-corrected chi connectivity index (χ2v) is 7.79. The number of aryl methyl sites for hydroxylation is 3. The van der Waals surface area contributed by atoms with Crippen molar-refractivity contribution in [1.82, 2.24) is 0 Å². The summed E-state index contributed by atoms with van der Waals surface area (Å²) in [4.78, 5) is 2.39. The van der Waals surface area contributed by atoms with Crippen LogP contribution in [0.3, 0.4) is 0 Å². The van der Waals surface area contributed by atoms with Gasteiger partial charge in [-0.1, -0.05) is 47.4 Å². The highest BCUT2D eigenvalue weighted by Gasteiger charge is 2.38. The molecule has 0 atom stereocenters. The third-order valence-electron chi connectivity index (χ3n) is 5.89. The maximum absolute atomic E-state index is 2.39. The molecule has 5 rings (SSSR count). The normalized spacial score (nSPS) is 14.1. The van der Waals surface area contributed by atoms with Crippen molar-refractivity contribution in [3.8, 4) is 0 Å². The van der Waals surface area contributed by atoms with E-state index in [2.05, 4.69) is 81.2 Å². The zero-order valence-electron chi connectivity index (χ0n) is 15.4. The van der Waals surface area contributed by atoms with E-state index in [4.69, 9.17) is 0 Å². The molecule has 2 aliphatic rings. The first kappa shape index (κ1) is 14.8. The summed E-state index contributed by atoms with van der Waals surface area (Å²) in [6.45, 7) is 6.96. The van der Waals surface area contributed by atoms with Gasteiger partial charge in [0.05, 0.1) is 0 Å². The van der Waals surface area contributed by atoms with Crippen LogP contribution < -0.4 is 21.3 Å². The largest absolute Gasteiger partial charge is 0.345 e. The number of rotatable bonds is 0. The molecule has 3 aromatic rings. The van der Waals surface area contributed by atoms with Crippen LogP contribution >= 0.6 is 0 Å². The molecule has 0 unspecified atom stereocenters. The molecule has 0 saturated heterocycles. The lowest BCUT2D eigenvalue weighted by Crippen LogP contribution is -2.61. The summed E-state index contributed by atoms with van der Waals surface area (Å²) in [5, 5.41) is 0. The summed E-state index contributed by atoms with van der Waals surface area (Å²) in [6, 6.07) is 18.7. The number of hydrogen-bond donors (Lipinski definition) is 0. The zero-order chi connectivity index (χ0) is 17.3. The van der Waals surface area contributed by atoms with Gasteiger partial charge in [-0.3, -0.25) is 0 Å². The Kier molecular flexibility index (Phi) is 2.98. The van der Waals surface area contributed by atoms with Crippen molar-refractivity contribution in [2.45, 2.75) is 27.2 Å². The average molecular weight is 323 g/mol. The third kappa shape index (κ3) is 2.03. The van der Waals surface area contributed by atoms with Crippen molar-refractivity contribution in [3.05, 3.63) is 76.3 Å². The van der Waals surface area contributed by atoms with Crippen LogP contribution in [0.15, 0.2) is 48.5 Å². The monoisotopic (exact) mass is 323 g/mol. The summed E-state index contributed by atoms with van der Waals surface area (Å²) >= 11 is 0. The Morgan fingerprint density at radius 1 is 0.720 bits per heavy atom. The van der Waals surface area contributed by atoms with Crippen LogP contribution in [0.4, 0.5) is 11.4 Å². The van der Waals surface area contributed by atoms with Gasteiger partial charge in [-0.25, -0.2) is 0 Å². The van der Waals surface area contributed by atoms with Gasteiger partial charge in [-0.2, -0.15) is 0 Å². The Morgan fingerprint density at radius 3 is 2.16 bits per heavy atom. The van der Waals surface area contributed by atoms with Gasteiger partial charge in [-0.15, -0.1) is 0 Å². The Balaban J connectivity index is 1.88. The lowest BCUT2D eigenvalue weighted by Gasteiger charge is -2.39. The summed E-state index contributed by atoms with van der Waals surface area (Å²) < 4.78 is 0. The molecule has 0 aliphatic carbocycles. The van der Waals surface area contributed by atoms with Crippen LogP contribution in [0.25, 0.3) is 0 Å². The SMILES string of the molecule is Cc1ccc2c(c1)Cc1cc(C)cc3c1B2c1ccc(C)cc1N3C. The molecule has 0 saturated carbocycles. The van der Waals surface area contributed by atoms with E-state index in [-0.39, 0.29) is 0 Å². The van der Waals surface area contributed by atoms with Crippen LogP contribution in [0.1, 0.15) is 27.8 Å². The minimum Gasteiger partial charge on any atom is -0.345 e. The fraction of sp³-hybridized carbons (Fsp3) is 0.217. The minimum atomic E-state index is 0.363. The van der Waals surface area contributed by atoms with Crippen LogP contribution in [0, 0.1) is 20.8 Å². The van der Waals surface area contributed by atoms with Gasteiger partial charge in [0, 0.05) is 18.4 Å². The summed E-state index contributed by atoms with van der Waals surface area (Å²) in [5.41, 5.74) is 14.2. The van der Waals surface area contributed by atoms with E-state index in [0.717, 1.165) is 6.42 Å². The fourth-order valence-corrected chi connectivity index (χ4v) is 4.78. The number of nitrogens with zero attached hydrogens (tertiary/aromatic N) is 1. The Hall–Kier alpha value is -2.48. The standard InChI is InChI=1S/C23H22BN/c1-14-5-7-19-17(9-14)13-18-10-16(3)12-22-23(18)24(19)20-8-6-15(2)11-21(20)25(22)4/h5-12H,13H2,1-4H3. The molecular weight excluding hydrogens is 301 g/mol. The minimum absolute atomic E-state index is 0.363. The molecule has 0 N–H and O–H groups in total. The van der Waals surface area contributed by atoms with Crippen LogP contribution in [-0.2, 0) is 6.42 Å². The van der Waals surface area contributed by atoms with Crippen molar-refractivity contribution in [3.63, 3.8) is 0 Å². The molecule has 3 aromatic carbocycles. The van der Waals surface area contributed by atoms with Crippen molar-refractivity contribution < 1.29 is 0 Å². The van der Waals surface area contributed by atoms with Gasteiger partial charge in [0.25, 0.3) is 0 Å². The van der Waals surface area contributed by atoms with Crippen molar-refractivity contribution >= 4 is 34.5 Å². The second-order valence-electron chi connectivity index (χ2n) is 7.79. The predicted octanol–water partition coefficient (Wildman–Crippen LogP) is 3.11. The lowest BCUT2D eigenvalue weighted by molar-refractivity contribution is 1.15. The van der Waals surface area contributed by atoms with Gasteiger partial charge in [0.2, 0.25) is 6.71 Å². The van der Waals surface area contributed by atoms with E-state index in [1.165, 1.54) is 55.6 Å². The average Bonchev–Trinajstić information content (AvgIpc) is 2.57. The van der Waals surface area contributed by atoms with Crippen LogP contribution in [0.5, 0.6) is 0 Å². The van der Waals surface area contributed by atoms with Gasteiger partial charge >= 0.3 is 0 Å². The number of benzene rings is 3. The van der Waals surface area contributed by atoms with Gasteiger partial charge < -0.3 is 4.90 Å². The highest BCUT2D eigenvalue weighted by Crippen LogP contribution is 2.32. The van der Waals surface area contributed by atoms with Crippen molar-refractivity contribution in [2.24, 2.45) is 0 Å². The number of anilines is 2. The molecule has 0 radical (unpaired) electrons. The predicted molar refractivity (Wildman–Crippen MR) is 109 cm³/mol. The molecule has 25 heavy (non-hydrogen) atoms. The Morgan fingerprint density at radius 2 is 1.36 bits per heavy atom. The van der Waals surface area contributed by atoms with Crippen LogP contribution in [0.2, 0.25) is 0 Å². The van der Waals surface area contributed by atoms with E-state index in [9.17, 15) is 0 Å². The summed E-state index contributed by atoms with van der Waals surface area (Å²) in [7, 11) is 2.22. The van der Waals surface area contributed by atoms with Gasteiger partial charge in [0.15, 0.2) is 0 Å². The molecule has 0 amide bonds. The quantitative estimate of drug-likeness (QED) is 0.450. The smallest absolute Gasteiger partial charge is 0.247 e. The van der Waals surface area contributed by atoms with Gasteiger partial charge in [0.1, 0.15) is 0 Å². The highest BCUT2D eigenvalue weighted by molar-refractivity contribution is 6.98. The molecule has 1 nitrogen and oxygen atoms in total. The second kappa shape index (κ2) is 5.01. The van der Waals surface area contributed by atoms with E-state index in [0.29, 0.717) is 6.71 Å². The van der Waals surface area contributed by atoms with E-state index in [1.807, 2.05) is 0 Å². The zero-order valence-corrected chi connectivity index (χ0v) is 15.4. The third-order valence-corrected chi connectivity index (χ3v) is 5.89. The van der Waals surface area contributed by atoms with E-state index in [1.54, 1.807) is 0 Å². The first-order valence-electron chi connectivity index (χ1n) is 9.10. The van der Waals surface area contributed by atoms with Crippen LogP contribution in [-0.4, -0.2) is 13.8 Å².